The summed E-state index contributed by atoms with van der Waals surface area (Å²) >= 11 is 5.78. The Morgan fingerprint density at radius 3 is 3.11 bits per heavy atom. The maximum atomic E-state index is 11.6. The molecule has 0 saturated carbocycles. The van der Waals surface area contributed by atoms with Crippen molar-refractivity contribution >= 4 is 17.6 Å². The van der Waals surface area contributed by atoms with Crippen LogP contribution in [0.4, 0.5) is 0 Å². The third kappa shape index (κ3) is 2.14. The van der Waals surface area contributed by atoms with Crippen molar-refractivity contribution in [3.8, 4) is 11.6 Å². The molecule has 1 atom stereocenters. The van der Waals surface area contributed by atoms with Crippen LogP contribution in [0.2, 0.25) is 5.22 Å². The number of hydrogen-bond donors (Lipinski definition) is 0. The summed E-state index contributed by atoms with van der Waals surface area (Å²) < 4.78 is 12.2. The molecule has 0 spiro atoms. The predicted octanol–water partition coefficient (Wildman–Crippen LogP) is 2.53. The molecular weight excluding hydrogens is 268 g/mol. The summed E-state index contributed by atoms with van der Waals surface area (Å²) in [4.78, 5) is 15.9. The van der Waals surface area contributed by atoms with Crippen molar-refractivity contribution in [3.05, 3.63) is 29.2 Å². The van der Waals surface area contributed by atoms with Gasteiger partial charge in [0.1, 0.15) is 0 Å². The molecule has 0 bridgehead atoms. The second-order valence-corrected chi connectivity index (χ2v) is 4.91. The molecule has 0 amide bonds. The lowest BCUT2D eigenvalue weighted by atomic mass is 9.96. The summed E-state index contributed by atoms with van der Waals surface area (Å²) in [5.41, 5.74) is 1.02. The van der Waals surface area contributed by atoms with E-state index in [1.165, 1.54) is 7.11 Å². The van der Waals surface area contributed by atoms with E-state index >= 15 is 0 Å². The Bertz CT molecular complexity index is 617. The molecule has 0 saturated heterocycles. The van der Waals surface area contributed by atoms with Gasteiger partial charge in [0.05, 0.1) is 13.0 Å². The first-order valence-corrected chi connectivity index (χ1v) is 6.45. The number of ether oxygens (including phenoxy) is 1. The number of aromatic nitrogens is 2. The van der Waals surface area contributed by atoms with E-state index in [9.17, 15) is 4.79 Å². The number of carbonyl (C=O) groups is 1. The number of carbonyl (C=O) groups excluding carboxylic acids is 1. The van der Waals surface area contributed by atoms with Gasteiger partial charge in [0.15, 0.2) is 16.8 Å². The van der Waals surface area contributed by atoms with Crippen molar-refractivity contribution < 1.29 is 13.9 Å². The van der Waals surface area contributed by atoms with Gasteiger partial charge < -0.3 is 13.7 Å². The van der Waals surface area contributed by atoms with Crippen LogP contribution in [0, 0.1) is 5.92 Å². The third-order valence-electron chi connectivity index (χ3n) is 3.42. The van der Waals surface area contributed by atoms with E-state index in [0.29, 0.717) is 17.4 Å². The highest BCUT2D eigenvalue weighted by Crippen LogP contribution is 2.29. The van der Waals surface area contributed by atoms with Crippen LogP contribution in [0.25, 0.3) is 11.6 Å². The zero-order chi connectivity index (χ0) is 13.4. The van der Waals surface area contributed by atoms with Crippen LogP contribution < -0.4 is 0 Å². The fourth-order valence-corrected chi connectivity index (χ4v) is 2.61. The highest BCUT2D eigenvalue weighted by atomic mass is 35.5. The zero-order valence-electron chi connectivity index (χ0n) is 10.4. The van der Waals surface area contributed by atoms with Gasteiger partial charge in [-0.15, -0.1) is 0 Å². The molecule has 0 aromatic carbocycles. The number of imidazole rings is 1. The van der Waals surface area contributed by atoms with Crippen LogP contribution in [-0.4, -0.2) is 22.6 Å². The number of furan rings is 1. The lowest BCUT2D eigenvalue weighted by Crippen LogP contribution is -2.26. The smallest absolute Gasteiger partial charge is 0.309 e. The first-order chi connectivity index (χ1) is 9.19. The summed E-state index contributed by atoms with van der Waals surface area (Å²) in [7, 11) is 1.42. The molecule has 0 fully saturated rings. The Balaban J connectivity index is 1.90. The number of esters is 1. The molecule has 0 radical (unpaired) electrons. The fraction of sp³-hybridized carbons (Fsp3) is 0.385. The SMILES string of the molecule is COC(=O)C1CCn2c(cnc2-c2ccc(Cl)o2)C1. The van der Waals surface area contributed by atoms with Crippen LogP contribution in [0.1, 0.15) is 12.1 Å². The van der Waals surface area contributed by atoms with Gasteiger partial charge in [-0.2, -0.15) is 0 Å². The second-order valence-electron chi connectivity index (χ2n) is 4.54. The minimum Gasteiger partial charge on any atom is -0.469 e. The monoisotopic (exact) mass is 280 g/mol. The van der Waals surface area contributed by atoms with Gasteiger partial charge in [-0.25, -0.2) is 4.98 Å². The Kier molecular flexibility index (Phi) is 3.06. The number of halogens is 1. The minimum absolute atomic E-state index is 0.0813. The molecule has 1 unspecified atom stereocenters. The highest BCUT2D eigenvalue weighted by Gasteiger charge is 2.28. The van der Waals surface area contributed by atoms with Gasteiger partial charge in [-0.05, 0) is 30.2 Å². The number of hydrogen-bond acceptors (Lipinski definition) is 4. The lowest BCUT2D eigenvalue weighted by Gasteiger charge is -2.22. The van der Waals surface area contributed by atoms with Crippen LogP contribution in [-0.2, 0) is 22.5 Å². The van der Waals surface area contributed by atoms with Crippen molar-refractivity contribution in [2.75, 3.05) is 7.11 Å². The molecule has 0 N–H and O–H groups in total. The molecule has 100 valence electrons. The molecule has 3 heterocycles. The molecule has 0 aliphatic carbocycles. The van der Waals surface area contributed by atoms with Crippen LogP contribution >= 0.6 is 11.6 Å². The van der Waals surface area contributed by atoms with Crippen molar-refractivity contribution in [3.63, 3.8) is 0 Å². The molecule has 1 aliphatic heterocycles. The van der Waals surface area contributed by atoms with Gasteiger partial charge in [-0.1, -0.05) is 0 Å². The first-order valence-electron chi connectivity index (χ1n) is 6.07. The number of fused-ring (bicyclic) bond motifs is 1. The molecule has 19 heavy (non-hydrogen) atoms. The topological polar surface area (TPSA) is 57.3 Å². The van der Waals surface area contributed by atoms with E-state index in [1.54, 1.807) is 18.3 Å². The van der Waals surface area contributed by atoms with Gasteiger partial charge in [0, 0.05) is 24.9 Å². The van der Waals surface area contributed by atoms with E-state index < -0.39 is 0 Å². The third-order valence-corrected chi connectivity index (χ3v) is 3.63. The van der Waals surface area contributed by atoms with Crippen molar-refractivity contribution in [1.29, 1.82) is 0 Å². The Labute approximate surface area is 115 Å². The standard InChI is InChI=1S/C13H13ClN2O3/c1-18-13(17)8-4-5-16-9(6-8)7-15-12(16)10-2-3-11(14)19-10/h2-3,7-8H,4-6H2,1H3. The summed E-state index contributed by atoms with van der Waals surface area (Å²) in [6.07, 6.45) is 3.17. The Hall–Kier alpha value is -1.75. The molecule has 2 aromatic heterocycles. The van der Waals surface area contributed by atoms with Gasteiger partial charge in [-0.3, -0.25) is 4.79 Å². The normalized spacial score (nSPS) is 18.1. The maximum absolute atomic E-state index is 11.6. The number of methoxy groups -OCH3 is 1. The van der Waals surface area contributed by atoms with Crippen molar-refractivity contribution in [2.45, 2.75) is 19.4 Å². The average molecular weight is 281 g/mol. The maximum Gasteiger partial charge on any atom is 0.309 e. The van der Waals surface area contributed by atoms with Gasteiger partial charge in [0.2, 0.25) is 0 Å². The van der Waals surface area contributed by atoms with E-state index in [4.69, 9.17) is 20.8 Å². The quantitative estimate of drug-likeness (QED) is 0.793. The second kappa shape index (κ2) is 4.74. The number of rotatable bonds is 2. The van der Waals surface area contributed by atoms with Crippen molar-refractivity contribution in [2.24, 2.45) is 5.92 Å². The Morgan fingerprint density at radius 2 is 2.42 bits per heavy atom. The average Bonchev–Trinajstić information content (AvgIpc) is 3.02. The van der Waals surface area contributed by atoms with E-state index in [2.05, 4.69) is 9.55 Å². The van der Waals surface area contributed by atoms with E-state index in [1.807, 2.05) is 0 Å². The molecule has 2 aromatic rings. The summed E-state index contributed by atoms with van der Waals surface area (Å²) in [5, 5.41) is 0.343. The van der Waals surface area contributed by atoms with Gasteiger partial charge >= 0.3 is 5.97 Å². The molecular formula is C13H13ClN2O3. The van der Waals surface area contributed by atoms with Crippen LogP contribution in [0.5, 0.6) is 0 Å². The molecule has 1 aliphatic rings. The zero-order valence-corrected chi connectivity index (χ0v) is 11.2. The first kappa shape index (κ1) is 12.3. The number of nitrogens with zero attached hydrogens (tertiary/aromatic N) is 2. The highest BCUT2D eigenvalue weighted by molar-refractivity contribution is 6.28. The largest absolute Gasteiger partial charge is 0.469 e. The summed E-state index contributed by atoms with van der Waals surface area (Å²) in [6, 6.07) is 3.49. The van der Waals surface area contributed by atoms with Crippen LogP contribution in [0.3, 0.4) is 0 Å². The summed E-state index contributed by atoms with van der Waals surface area (Å²) in [5.74, 6) is 1.16. The summed E-state index contributed by atoms with van der Waals surface area (Å²) in [6.45, 7) is 0.725. The van der Waals surface area contributed by atoms with Gasteiger partial charge in [0.25, 0.3) is 0 Å². The fourth-order valence-electron chi connectivity index (χ4n) is 2.46. The Morgan fingerprint density at radius 1 is 1.58 bits per heavy atom. The van der Waals surface area contributed by atoms with Crippen LogP contribution in [0.15, 0.2) is 22.7 Å². The minimum atomic E-state index is -0.157. The van der Waals surface area contributed by atoms with E-state index in [-0.39, 0.29) is 11.9 Å². The molecule has 3 rings (SSSR count). The molecule has 6 heteroatoms. The van der Waals surface area contributed by atoms with E-state index in [0.717, 1.165) is 24.5 Å². The molecule has 5 nitrogen and oxygen atoms in total. The van der Waals surface area contributed by atoms with Crippen molar-refractivity contribution in [1.82, 2.24) is 9.55 Å². The lowest BCUT2D eigenvalue weighted by molar-refractivity contribution is -0.146. The predicted molar refractivity (Wildman–Crippen MR) is 68.8 cm³/mol.